The third kappa shape index (κ3) is 8.21. The van der Waals surface area contributed by atoms with E-state index in [-0.39, 0.29) is 25.9 Å². The predicted molar refractivity (Wildman–Crippen MR) is 183 cm³/mol. The Labute approximate surface area is 290 Å². The first-order chi connectivity index (χ1) is 23.4. The molecule has 2 aromatic carbocycles. The van der Waals surface area contributed by atoms with Gasteiger partial charge in [0, 0.05) is 67.0 Å². The second-order valence-electron chi connectivity index (χ2n) is 12.6. The molecule has 0 bridgehead atoms. The van der Waals surface area contributed by atoms with Crippen molar-refractivity contribution >= 4 is 17.6 Å². The van der Waals surface area contributed by atoms with Crippen molar-refractivity contribution in [3.63, 3.8) is 0 Å². The number of rotatable bonds is 14. The molecule has 3 heterocycles. The third-order valence-electron chi connectivity index (χ3n) is 8.99. The van der Waals surface area contributed by atoms with Crippen LogP contribution in [0.1, 0.15) is 58.1 Å². The van der Waals surface area contributed by atoms with Gasteiger partial charge in [0.25, 0.3) is 0 Å². The van der Waals surface area contributed by atoms with E-state index in [1.807, 2.05) is 36.7 Å². The average Bonchev–Trinajstić information content (AvgIpc) is 3.63. The number of nitrogens with one attached hydrogen (secondary N) is 1. The maximum atomic E-state index is 11.8. The van der Waals surface area contributed by atoms with Gasteiger partial charge in [0.05, 0.1) is 34.7 Å². The molecule has 1 aliphatic heterocycles. The first-order valence-corrected chi connectivity index (χ1v) is 16.4. The number of hydrogen-bond donors (Lipinski definition) is 4. The summed E-state index contributed by atoms with van der Waals surface area (Å²) in [6, 6.07) is 13.0. The van der Waals surface area contributed by atoms with Crippen LogP contribution in [0.2, 0.25) is 5.02 Å². The molecular weight excluding hydrogens is 648 g/mol. The highest BCUT2D eigenvalue weighted by molar-refractivity contribution is 6.32. The van der Waals surface area contributed by atoms with E-state index < -0.39 is 18.1 Å². The fourth-order valence-electron chi connectivity index (χ4n) is 5.77. The van der Waals surface area contributed by atoms with Crippen molar-refractivity contribution in [3.8, 4) is 23.3 Å². The number of carboxylic acid groups (broad SMARTS) is 1. The fourth-order valence-corrected chi connectivity index (χ4v) is 6.01. The van der Waals surface area contributed by atoms with Crippen LogP contribution in [0.25, 0.3) is 5.69 Å². The number of aryl methyl sites for hydroxylation is 1. The third-order valence-corrected chi connectivity index (χ3v) is 9.29. The molecule has 0 spiro atoms. The van der Waals surface area contributed by atoms with Crippen molar-refractivity contribution in [2.45, 2.75) is 72.1 Å². The van der Waals surface area contributed by atoms with Crippen LogP contribution in [0.15, 0.2) is 48.8 Å². The molecule has 12 nitrogen and oxygen atoms in total. The number of ether oxygens (including phenoxy) is 2. The van der Waals surface area contributed by atoms with Gasteiger partial charge in [-0.25, -0.2) is 4.68 Å². The van der Waals surface area contributed by atoms with Crippen LogP contribution in [0.5, 0.6) is 11.5 Å². The van der Waals surface area contributed by atoms with Crippen molar-refractivity contribution in [1.29, 1.82) is 5.26 Å². The van der Waals surface area contributed by atoms with Gasteiger partial charge in [0.2, 0.25) is 0 Å². The molecule has 0 amide bonds. The number of β-amino-alcohol motifs (C(OH)–C–C–N with tert-alkyl or cyclic N) is 1. The van der Waals surface area contributed by atoms with E-state index in [0.29, 0.717) is 39.8 Å². The summed E-state index contributed by atoms with van der Waals surface area (Å²) >= 11 is 6.70. The van der Waals surface area contributed by atoms with E-state index in [4.69, 9.17) is 26.2 Å². The second-order valence-corrected chi connectivity index (χ2v) is 13.0. The second kappa shape index (κ2) is 15.4. The summed E-state index contributed by atoms with van der Waals surface area (Å²) in [5.74, 6) is -0.465. The smallest absolute Gasteiger partial charge is 0.326 e. The minimum atomic E-state index is -1.59. The Morgan fingerprint density at radius 1 is 1.14 bits per heavy atom. The summed E-state index contributed by atoms with van der Waals surface area (Å²) in [7, 11) is 0. The van der Waals surface area contributed by atoms with Crippen molar-refractivity contribution in [3.05, 3.63) is 98.6 Å². The van der Waals surface area contributed by atoms with Crippen LogP contribution >= 0.6 is 11.6 Å². The lowest BCUT2D eigenvalue weighted by Gasteiger charge is -2.25. The number of carbonyl (C=O) groups is 1. The molecule has 4 aromatic rings. The van der Waals surface area contributed by atoms with Gasteiger partial charge < -0.3 is 24.8 Å². The number of pyridine rings is 1. The highest BCUT2D eigenvalue weighted by Gasteiger charge is 2.32. The number of carboxylic acids is 1. The Balaban J connectivity index is 1.38. The van der Waals surface area contributed by atoms with Crippen molar-refractivity contribution in [2.24, 2.45) is 0 Å². The number of benzene rings is 2. The molecule has 2 atom stereocenters. The SMILES string of the molecule is Cc1nn(-c2cccc(COc3cc(OCc4cncc(C#N)c4)c(CN[C@](C)(CO)C(=O)O)cc3Cl)c2C)c(C)c1CN1CC[C@@H](O)C1. The van der Waals surface area contributed by atoms with Crippen molar-refractivity contribution < 1.29 is 29.6 Å². The van der Waals surface area contributed by atoms with Gasteiger partial charge in [-0.05, 0) is 63.4 Å². The molecule has 0 radical (unpaired) electrons. The van der Waals surface area contributed by atoms with Gasteiger partial charge in [-0.1, -0.05) is 23.7 Å². The Kier molecular flexibility index (Phi) is 11.2. The van der Waals surface area contributed by atoms with Gasteiger partial charge in [-0.15, -0.1) is 0 Å². The Hall–Kier alpha value is -4.51. The molecule has 0 unspecified atom stereocenters. The summed E-state index contributed by atoms with van der Waals surface area (Å²) in [6.07, 6.45) is 3.56. The zero-order valence-electron chi connectivity index (χ0n) is 28.0. The summed E-state index contributed by atoms with van der Waals surface area (Å²) in [4.78, 5) is 18.1. The number of nitrogens with zero attached hydrogens (tertiary/aromatic N) is 5. The highest BCUT2D eigenvalue weighted by atomic mass is 35.5. The summed E-state index contributed by atoms with van der Waals surface area (Å²) in [5.41, 5.74) is 6.02. The lowest BCUT2D eigenvalue weighted by molar-refractivity contribution is -0.145. The largest absolute Gasteiger partial charge is 0.488 e. The van der Waals surface area contributed by atoms with Gasteiger partial charge in [0.15, 0.2) is 0 Å². The average molecular weight is 689 g/mol. The van der Waals surface area contributed by atoms with E-state index >= 15 is 0 Å². The molecule has 0 saturated carbocycles. The number of aliphatic hydroxyl groups is 2. The zero-order valence-corrected chi connectivity index (χ0v) is 28.8. The Morgan fingerprint density at radius 3 is 2.61 bits per heavy atom. The normalized spacial score (nSPS) is 15.9. The molecule has 258 valence electrons. The number of aliphatic hydroxyl groups excluding tert-OH is 2. The quantitative estimate of drug-likeness (QED) is 0.149. The molecule has 1 saturated heterocycles. The van der Waals surface area contributed by atoms with Gasteiger partial charge in [0.1, 0.15) is 36.3 Å². The molecule has 1 aliphatic rings. The summed E-state index contributed by atoms with van der Waals surface area (Å²) in [6.45, 7) is 9.43. The Morgan fingerprint density at radius 2 is 1.92 bits per heavy atom. The standard InChI is InChI=1S/C36H41ClN6O6/c1-22-27(6-5-7-32(22)43-24(3)30(23(2)41-43)18-42-9-8-29(45)17-42)20-49-34-12-33(48-19-26-10-25(13-38)14-39-15-26)28(11-31(34)37)16-40-36(4,21-44)35(46)47/h5-7,10-12,14-15,29,40,44-45H,8-9,16-21H2,1-4H3,(H,46,47)/t29-,36-/m1/s1. The molecule has 4 N–H and O–H groups in total. The van der Waals surface area contributed by atoms with E-state index in [2.05, 4.69) is 28.2 Å². The Bertz CT molecular complexity index is 1870. The number of nitriles is 1. The molecular formula is C36H41ClN6O6. The molecule has 13 heteroatoms. The van der Waals surface area contributed by atoms with Crippen molar-refractivity contribution in [1.82, 2.24) is 25.0 Å². The zero-order chi connectivity index (χ0) is 35.3. The monoisotopic (exact) mass is 688 g/mol. The molecule has 49 heavy (non-hydrogen) atoms. The van der Waals surface area contributed by atoms with Crippen LogP contribution in [-0.2, 0) is 31.1 Å². The van der Waals surface area contributed by atoms with E-state index in [0.717, 1.165) is 53.3 Å². The maximum Gasteiger partial charge on any atom is 0.326 e. The summed E-state index contributed by atoms with van der Waals surface area (Å²) in [5, 5.41) is 46.6. The fraction of sp³-hybridized carbons (Fsp3) is 0.389. The topological polar surface area (TPSA) is 166 Å². The molecule has 1 fully saturated rings. The predicted octanol–water partition coefficient (Wildman–Crippen LogP) is 4.37. The van der Waals surface area contributed by atoms with Gasteiger partial charge >= 0.3 is 5.97 Å². The van der Waals surface area contributed by atoms with Crippen LogP contribution in [-0.4, -0.2) is 72.3 Å². The first kappa shape index (κ1) is 35.8. The van der Waals surface area contributed by atoms with Gasteiger partial charge in [-0.2, -0.15) is 10.4 Å². The lowest BCUT2D eigenvalue weighted by atomic mass is 10.0. The van der Waals surface area contributed by atoms with Crippen LogP contribution in [0.4, 0.5) is 0 Å². The van der Waals surface area contributed by atoms with E-state index in [1.165, 1.54) is 13.1 Å². The maximum absolute atomic E-state index is 11.8. The van der Waals surface area contributed by atoms with Gasteiger partial charge in [-0.3, -0.25) is 20.0 Å². The van der Waals surface area contributed by atoms with Crippen LogP contribution in [0.3, 0.4) is 0 Å². The van der Waals surface area contributed by atoms with E-state index in [1.54, 1.807) is 24.4 Å². The van der Waals surface area contributed by atoms with Crippen LogP contribution < -0.4 is 14.8 Å². The highest BCUT2D eigenvalue weighted by Crippen LogP contribution is 2.35. The molecule has 2 aromatic heterocycles. The van der Waals surface area contributed by atoms with Crippen LogP contribution in [0, 0.1) is 32.1 Å². The van der Waals surface area contributed by atoms with E-state index in [9.17, 15) is 25.4 Å². The first-order valence-electron chi connectivity index (χ1n) is 16.0. The number of aromatic nitrogens is 3. The molecule has 0 aliphatic carbocycles. The lowest BCUT2D eigenvalue weighted by Crippen LogP contribution is -2.52. The minimum absolute atomic E-state index is 0.0271. The minimum Gasteiger partial charge on any atom is -0.488 e. The molecule has 5 rings (SSSR count). The number of likely N-dealkylation sites (tertiary alicyclic amines) is 1. The summed E-state index contributed by atoms with van der Waals surface area (Å²) < 4.78 is 14.4. The number of halogens is 1. The number of aliphatic carboxylic acids is 1. The van der Waals surface area contributed by atoms with Crippen molar-refractivity contribution in [2.75, 3.05) is 19.7 Å². The number of hydrogen-bond acceptors (Lipinski definition) is 10.